The summed E-state index contributed by atoms with van der Waals surface area (Å²) in [6.07, 6.45) is 1.54. The number of nitrogens with zero attached hydrogens (tertiary/aromatic N) is 1. The van der Waals surface area contributed by atoms with Gasteiger partial charge in [-0.1, -0.05) is 12.1 Å². The molecule has 1 heterocycles. The third kappa shape index (κ3) is 5.36. The molecule has 0 bridgehead atoms. The van der Waals surface area contributed by atoms with E-state index in [9.17, 15) is 9.59 Å². The first-order valence-corrected chi connectivity index (χ1v) is 7.87. The van der Waals surface area contributed by atoms with Gasteiger partial charge < -0.3 is 26.0 Å². The van der Waals surface area contributed by atoms with Gasteiger partial charge in [-0.2, -0.15) is 0 Å². The summed E-state index contributed by atoms with van der Waals surface area (Å²) in [4.78, 5) is 23.8. The molecule has 1 aliphatic heterocycles. The van der Waals surface area contributed by atoms with E-state index in [1.807, 2.05) is 29.2 Å². The van der Waals surface area contributed by atoms with Crippen LogP contribution in [0.5, 0.6) is 0 Å². The van der Waals surface area contributed by atoms with Gasteiger partial charge in [0, 0.05) is 38.4 Å². The Bertz CT molecular complexity index is 525. The maximum absolute atomic E-state index is 11.6. The minimum absolute atomic E-state index is 0.0113. The van der Waals surface area contributed by atoms with Crippen LogP contribution in [0.3, 0.4) is 0 Å². The molecule has 7 nitrogen and oxygen atoms in total. The first kappa shape index (κ1) is 16.9. The maximum atomic E-state index is 11.6. The molecule has 2 rings (SSSR count). The summed E-state index contributed by atoms with van der Waals surface area (Å²) in [6, 6.07) is 8.40. The van der Waals surface area contributed by atoms with Gasteiger partial charge in [0.15, 0.2) is 0 Å². The molecule has 0 spiro atoms. The number of carbonyl (C=O) groups excluding carboxylic acids is 1. The van der Waals surface area contributed by atoms with Crippen molar-refractivity contribution in [2.75, 3.05) is 32.0 Å². The first-order valence-electron chi connectivity index (χ1n) is 7.87. The van der Waals surface area contributed by atoms with Gasteiger partial charge in [-0.05, 0) is 37.0 Å². The Morgan fingerprint density at radius 2 is 1.87 bits per heavy atom. The van der Waals surface area contributed by atoms with Crippen LogP contribution in [-0.2, 0) is 6.42 Å². The molecule has 23 heavy (non-hydrogen) atoms. The fourth-order valence-corrected chi connectivity index (χ4v) is 2.70. The summed E-state index contributed by atoms with van der Waals surface area (Å²) in [5, 5.41) is 17.0. The number of carboxylic acid groups (broad SMARTS) is 1. The fraction of sp³-hybridized carbons (Fsp3) is 0.500. The maximum Gasteiger partial charge on any atom is 0.404 e. The summed E-state index contributed by atoms with van der Waals surface area (Å²) < 4.78 is 0. The van der Waals surface area contributed by atoms with Gasteiger partial charge in [-0.25, -0.2) is 9.59 Å². The van der Waals surface area contributed by atoms with E-state index >= 15 is 0 Å². The van der Waals surface area contributed by atoms with E-state index in [0.29, 0.717) is 19.0 Å². The van der Waals surface area contributed by atoms with Crippen LogP contribution >= 0.6 is 0 Å². The van der Waals surface area contributed by atoms with E-state index in [4.69, 9.17) is 5.11 Å². The number of urea groups is 1. The number of rotatable bonds is 5. The molecule has 7 heteroatoms. The zero-order chi connectivity index (χ0) is 16.7. The number of carbonyl (C=O) groups is 2. The highest BCUT2D eigenvalue weighted by atomic mass is 16.4. The average molecular weight is 320 g/mol. The molecule has 4 N–H and O–H groups in total. The zero-order valence-electron chi connectivity index (χ0n) is 13.3. The molecule has 1 aromatic rings. The van der Waals surface area contributed by atoms with Crippen LogP contribution in [0, 0.1) is 0 Å². The highest BCUT2D eigenvalue weighted by molar-refractivity contribution is 5.73. The molecule has 126 valence electrons. The summed E-state index contributed by atoms with van der Waals surface area (Å²) >= 11 is 0. The van der Waals surface area contributed by atoms with E-state index in [2.05, 4.69) is 16.0 Å². The molecule has 0 aliphatic carbocycles. The Morgan fingerprint density at radius 3 is 2.43 bits per heavy atom. The number of hydrogen-bond acceptors (Lipinski definition) is 3. The molecular formula is C16H24N4O3. The molecule has 0 unspecified atom stereocenters. The molecule has 1 aliphatic rings. The van der Waals surface area contributed by atoms with Crippen molar-refractivity contribution >= 4 is 17.8 Å². The smallest absolute Gasteiger partial charge is 0.404 e. The van der Waals surface area contributed by atoms with Crippen LogP contribution in [0.25, 0.3) is 0 Å². The highest BCUT2D eigenvalue weighted by Crippen LogP contribution is 2.17. The Morgan fingerprint density at radius 1 is 1.22 bits per heavy atom. The SMILES string of the molecule is CNC(=O)N1CCC(Nc2ccc(CCNC(=O)O)cc2)CC1. The topological polar surface area (TPSA) is 93.7 Å². The second kappa shape index (κ2) is 8.26. The normalized spacial score (nSPS) is 15.1. The van der Waals surface area contributed by atoms with Gasteiger partial charge in [0.2, 0.25) is 0 Å². The summed E-state index contributed by atoms with van der Waals surface area (Å²) in [5.74, 6) is 0. The quantitative estimate of drug-likeness (QED) is 0.664. The Kier molecular flexibility index (Phi) is 6.08. The van der Waals surface area contributed by atoms with Crippen molar-refractivity contribution in [1.82, 2.24) is 15.5 Å². The average Bonchev–Trinajstić information content (AvgIpc) is 2.56. The minimum atomic E-state index is -0.994. The van der Waals surface area contributed by atoms with Crippen molar-refractivity contribution < 1.29 is 14.7 Å². The van der Waals surface area contributed by atoms with Gasteiger partial charge in [-0.3, -0.25) is 0 Å². The van der Waals surface area contributed by atoms with E-state index in [0.717, 1.165) is 37.2 Å². The Labute approximate surface area is 136 Å². The van der Waals surface area contributed by atoms with E-state index < -0.39 is 6.09 Å². The largest absolute Gasteiger partial charge is 0.465 e. The monoisotopic (exact) mass is 320 g/mol. The second-order valence-electron chi connectivity index (χ2n) is 5.64. The molecule has 1 saturated heterocycles. The van der Waals surface area contributed by atoms with E-state index in [1.165, 1.54) is 0 Å². The van der Waals surface area contributed by atoms with Crippen LogP contribution in [0.2, 0.25) is 0 Å². The van der Waals surface area contributed by atoms with Crippen LogP contribution in [0.4, 0.5) is 15.3 Å². The number of benzene rings is 1. The number of piperidine rings is 1. The third-order valence-electron chi connectivity index (χ3n) is 4.01. The zero-order valence-corrected chi connectivity index (χ0v) is 13.3. The van der Waals surface area contributed by atoms with Crippen LogP contribution in [-0.4, -0.2) is 54.9 Å². The Balaban J connectivity index is 1.76. The molecule has 1 fully saturated rings. The molecule has 0 aromatic heterocycles. The summed E-state index contributed by atoms with van der Waals surface area (Å²) in [7, 11) is 1.65. The predicted molar refractivity (Wildman–Crippen MR) is 88.8 cm³/mol. The lowest BCUT2D eigenvalue weighted by atomic mass is 10.0. The predicted octanol–water partition coefficient (Wildman–Crippen LogP) is 1.71. The molecule has 1 aromatic carbocycles. The summed E-state index contributed by atoms with van der Waals surface area (Å²) in [5.41, 5.74) is 2.15. The van der Waals surface area contributed by atoms with Crippen LogP contribution < -0.4 is 16.0 Å². The minimum Gasteiger partial charge on any atom is -0.465 e. The third-order valence-corrected chi connectivity index (χ3v) is 4.01. The van der Waals surface area contributed by atoms with Crippen molar-refractivity contribution in [3.63, 3.8) is 0 Å². The number of anilines is 1. The van der Waals surface area contributed by atoms with Crippen molar-refractivity contribution in [3.8, 4) is 0 Å². The Hall–Kier alpha value is -2.44. The van der Waals surface area contributed by atoms with E-state index in [-0.39, 0.29) is 6.03 Å². The van der Waals surface area contributed by atoms with Gasteiger partial charge in [-0.15, -0.1) is 0 Å². The lowest BCUT2D eigenvalue weighted by Gasteiger charge is -2.32. The van der Waals surface area contributed by atoms with E-state index in [1.54, 1.807) is 7.05 Å². The van der Waals surface area contributed by atoms with Crippen LogP contribution in [0.15, 0.2) is 24.3 Å². The molecular weight excluding hydrogens is 296 g/mol. The molecule has 0 saturated carbocycles. The second-order valence-corrected chi connectivity index (χ2v) is 5.64. The van der Waals surface area contributed by atoms with Gasteiger partial charge in [0.25, 0.3) is 0 Å². The standard InChI is InChI=1S/C16H24N4O3/c1-17-15(21)20-10-7-14(8-11-20)19-13-4-2-12(3-5-13)6-9-18-16(22)23/h2-5,14,18-19H,6-11H2,1H3,(H,17,21)(H,22,23). The lowest BCUT2D eigenvalue weighted by Crippen LogP contribution is -2.45. The van der Waals surface area contributed by atoms with Crippen LogP contribution in [0.1, 0.15) is 18.4 Å². The first-order chi connectivity index (χ1) is 11.1. The van der Waals surface area contributed by atoms with Crippen molar-refractivity contribution in [2.45, 2.75) is 25.3 Å². The summed E-state index contributed by atoms with van der Waals surface area (Å²) in [6.45, 7) is 1.94. The van der Waals surface area contributed by atoms with Crippen molar-refractivity contribution in [1.29, 1.82) is 0 Å². The molecule has 3 amide bonds. The lowest BCUT2D eigenvalue weighted by molar-refractivity contribution is 0.186. The number of hydrogen-bond donors (Lipinski definition) is 4. The van der Waals surface area contributed by atoms with Crippen molar-refractivity contribution in [2.24, 2.45) is 0 Å². The molecule has 0 radical (unpaired) electrons. The van der Waals surface area contributed by atoms with Gasteiger partial charge in [0.1, 0.15) is 0 Å². The van der Waals surface area contributed by atoms with Crippen molar-refractivity contribution in [3.05, 3.63) is 29.8 Å². The van der Waals surface area contributed by atoms with Gasteiger partial charge in [0.05, 0.1) is 0 Å². The number of likely N-dealkylation sites (tertiary alicyclic amines) is 1. The van der Waals surface area contributed by atoms with Gasteiger partial charge >= 0.3 is 12.1 Å². The molecule has 0 atom stereocenters. The number of nitrogens with one attached hydrogen (secondary N) is 3. The highest BCUT2D eigenvalue weighted by Gasteiger charge is 2.21. The fourth-order valence-electron chi connectivity index (χ4n) is 2.70. The number of amides is 3.